The molecule has 0 unspecified atom stereocenters. The first-order valence-corrected chi connectivity index (χ1v) is 7.55. The van der Waals surface area contributed by atoms with Crippen molar-refractivity contribution in [1.82, 2.24) is 10.2 Å². The minimum Gasteiger partial charge on any atom is -0.349 e. The molecule has 1 saturated carbocycles. The van der Waals surface area contributed by atoms with Gasteiger partial charge in [-0.2, -0.15) is 0 Å². The number of nitrogens with zero attached hydrogens (tertiary/aromatic N) is 1. The number of carbonyl (C=O) groups excluding carboxylic acids is 1. The van der Waals surface area contributed by atoms with Gasteiger partial charge >= 0.3 is 0 Å². The molecule has 18 heavy (non-hydrogen) atoms. The second-order valence-corrected chi connectivity index (χ2v) is 5.89. The molecule has 0 spiro atoms. The molecule has 1 N–H and O–H groups in total. The summed E-state index contributed by atoms with van der Waals surface area (Å²) in [4.78, 5) is 13.1. The molecule has 1 aliphatic rings. The van der Waals surface area contributed by atoms with Crippen LogP contribution in [-0.4, -0.2) is 37.5 Å². The van der Waals surface area contributed by atoms with Crippen LogP contribution in [0.5, 0.6) is 0 Å². The van der Waals surface area contributed by atoms with Gasteiger partial charge in [-0.15, -0.1) is 0 Å². The molecule has 1 fully saturated rings. The van der Waals surface area contributed by atoms with E-state index in [2.05, 4.69) is 12.2 Å². The van der Waals surface area contributed by atoms with Crippen LogP contribution in [0.25, 0.3) is 0 Å². The maximum absolute atomic E-state index is 11.4. The van der Waals surface area contributed by atoms with Crippen molar-refractivity contribution < 1.29 is 4.79 Å². The average Bonchev–Trinajstić information content (AvgIpc) is 2.62. The van der Waals surface area contributed by atoms with E-state index in [-0.39, 0.29) is 5.91 Å². The van der Waals surface area contributed by atoms with Gasteiger partial charge in [-0.05, 0) is 38.6 Å². The molecule has 0 heterocycles. The Morgan fingerprint density at radius 3 is 2.39 bits per heavy atom. The molecule has 1 atom stereocenters. The summed E-state index contributed by atoms with van der Waals surface area (Å²) in [6, 6.07) is 0.609. The summed E-state index contributed by atoms with van der Waals surface area (Å²) in [5, 5.41) is 3.60. The van der Waals surface area contributed by atoms with E-state index in [1.165, 1.54) is 38.5 Å². The monoisotopic (exact) mass is 254 g/mol. The van der Waals surface area contributed by atoms with Crippen LogP contribution < -0.4 is 5.32 Å². The summed E-state index contributed by atoms with van der Waals surface area (Å²) in [7, 11) is 3.65. The van der Waals surface area contributed by atoms with E-state index in [0.717, 1.165) is 18.9 Å². The Labute approximate surface area is 112 Å². The van der Waals surface area contributed by atoms with Crippen LogP contribution in [0.3, 0.4) is 0 Å². The molecule has 1 amide bonds. The third-order valence-electron chi connectivity index (χ3n) is 4.14. The van der Waals surface area contributed by atoms with Crippen molar-refractivity contribution in [3.63, 3.8) is 0 Å². The van der Waals surface area contributed by atoms with Crippen LogP contribution in [0.15, 0.2) is 0 Å². The van der Waals surface area contributed by atoms with Crippen molar-refractivity contribution in [3.8, 4) is 0 Å². The first-order chi connectivity index (χ1) is 8.61. The maximum Gasteiger partial charge on any atom is 0.222 e. The highest BCUT2D eigenvalue weighted by Crippen LogP contribution is 2.25. The predicted molar refractivity (Wildman–Crippen MR) is 76.6 cm³/mol. The lowest BCUT2D eigenvalue weighted by molar-refractivity contribution is -0.128. The zero-order valence-electron chi connectivity index (χ0n) is 12.4. The summed E-state index contributed by atoms with van der Waals surface area (Å²) < 4.78 is 0. The molecular weight excluding hydrogens is 224 g/mol. The summed E-state index contributed by atoms with van der Waals surface area (Å²) in [6.07, 6.45) is 10.0. The molecule has 1 rings (SSSR count). The van der Waals surface area contributed by atoms with Crippen molar-refractivity contribution in [1.29, 1.82) is 0 Å². The van der Waals surface area contributed by atoms with E-state index >= 15 is 0 Å². The van der Waals surface area contributed by atoms with Gasteiger partial charge in [-0.3, -0.25) is 4.79 Å². The van der Waals surface area contributed by atoms with Crippen LogP contribution in [0.2, 0.25) is 0 Å². The van der Waals surface area contributed by atoms with Crippen molar-refractivity contribution in [2.24, 2.45) is 5.92 Å². The molecule has 3 nitrogen and oxygen atoms in total. The molecule has 106 valence electrons. The van der Waals surface area contributed by atoms with E-state index in [0.29, 0.717) is 12.5 Å². The number of rotatable bonds is 6. The van der Waals surface area contributed by atoms with Crippen LogP contribution in [-0.2, 0) is 4.79 Å². The summed E-state index contributed by atoms with van der Waals surface area (Å²) in [5.74, 6) is 1.08. The number of hydrogen-bond donors (Lipinski definition) is 1. The Hall–Kier alpha value is -0.570. The van der Waals surface area contributed by atoms with E-state index < -0.39 is 0 Å². The lowest BCUT2D eigenvalue weighted by atomic mass is 9.93. The molecule has 3 heteroatoms. The molecule has 0 radical (unpaired) electrons. The largest absolute Gasteiger partial charge is 0.349 e. The van der Waals surface area contributed by atoms with Crippen LogP contribution >= 0.6 is 0 Å². The first kappa shape index (κ1) is 15.5. The predicted octanol–water partition coefficient (Wildman–Crippen LogP) is 2.80. The van der Waals surface area contributed by atoms with Gasteiger partial charge in [-0.1, -0.05) is 25.7 Å². The fourth-order valence-corrected chi connectivity index (χ4v) is 2.77. The topological polar surface area (TPSA) is 32.3 Å². The SMILES string of the molecule is C[C@H](NCCCC(=O)N(C)C)C1CCCCCC1. The quantitative estimate of drug-likeness (QED) is 0.584. The lowest BCUT2D eigenvalue weighted by Crippen LogP contribution is -2.34. The van der Waals surface area contributed by atoms with E-state index in [4.69, 9.17) is 0 Å². The van der Waals surface area contributed by atoms with Crippen LogP contribution in [0, 0.1) is 5.92 Å². The van der Waals surface area contributed by atoms with E-state index in [1.54, 1.807) is 4.90 Å². The summed E-state index contributed by atoms with van der Waals surface area (Å²) in [5.41, 5.74) is 0. The normalized spacial score (nSPS) is 19.3. The Bertz CT molecular complexity index is 233. The van der Waals surface area contributed by atoms with Gasteiger partial charge in [0.2, 0.25) is 5.91 Å². The van der Waals surface area contributed by atoms with Gasteiger partial charge in [0.1, 0.15) is 0 Å². The minimum atomic E-state index is 0.235. The Morgan fingerprint density at radius 1 is 1.22 bits per heavy atom. The van der Waals surface area contributed by atoms with Crippen molar-refractivity contribution >= 4 is 5.91 Å². The van der Waals surface area contributed by atoms with Gasteiger partial charge in [0.15, 0.2) is 0 Å². The number of nitrogens with one attached hydrogen (secondary N) is 1. The van der Waals surface area contributed by atoms with Crippen molar-refractivity contribution in [2.75, 3.05) is 20.6 Å². The average molecular weight is 254 g/mol. The van der Waals surface area contributed by atoms with Gasteiger partial charge in [-0.25, -0.2) is 0 Å². The van der Waals surface area contributed by atoms with Gasteiger partial charge in [0, 0.05) is 26.6 Å². The van der Waals surface area contributed by atoms with Crippen molar-refractivity contribution in [2.45, 2.75) is 64.3 Å². The van der Waals surface area contributed by atoms with Gasteiger partial charge in [0.25, 0.3) is 0 Å². The minimum absolute atomic E-state index is 0.235. The fourth-order valence-electron chi connectivity index (χ4n) is 2.77. The Balaban J connectivity index is 2.12. The second kappa shape index (κ2) is 8.52. The molecule has 0 saturated heterocycles. The molecule has 0 aliphatic heterocycles. The number of carbonyl (C=O) groups is 1. The Morgan fingerprint density at radius 2 is 1.83 bits per heavy atom. The molecule has 0 bridgehead atoms. The number of amides is 1. The van der Waals surface area contributed by atoms with E-state index in [1.807, 2.05) is 14.1 Å². The molecule has 1 aliphatic carbocycles. The first-order valence-electron chi connectivity index (χ1n) is 7.55. The molecule has 0 aromatic heterocycles. The van der Waals surface area contributed by atoms with Gasteiger partial charge < -0.3 is 10.2 Å². The summed E-state index contributed by atoms with van der Waals surface area (Å²) in [6.45, 7) is 3.28. The standard InChI is InChI=1S/C15H30N2O/c1-13(14-9-6-4-5-7-10-14)16-12-8-11-15(18)17(2)3/h13-14,16H,4-12H2,1-3H3/t13-/m0/s1. The lowest BCUT2D eigenvalue weighted by Gasteiger charge is -2.23. The zero-order chi connectivity index (χ0) is 13.4. The van der Waals surface area contributed by atoms with Gasteiger partial charge in [0.05, 0.1) is 0 Å². The Kier molecular flexibility index (Phi) is 7.33. The van der Waals surface area contributed by atoms with E-state index in [9.17, 15) is 4.79 Å². The third kappa shape index (κ3) is 5.85. The smallest absolute Gasteiger partial charge is 0.222 e. The molecule has 0 aromatic rings. The zero-order valence-corrected chi connectivity index (χ0v) is 12.4. The maximum atomic E-state index is 11.4. The molecule has 0 aromatic carbocycles. The van der Waals surface area contributed by atoms with Crippen LogP contribution in [0.4, 0.5) is 0 Å². The highest BCUT2D eigenvalue weighted by molar-refractivity contribution is 5.75. The fraction of sp³-hybridized carbons (Fsp3) is 0.933. The van der Waals surface area contributed by atoms with Crippen LogP contribution in [0.1, 0.15) is 58.3 Å². The summed E-state index contributed by atoms with van der Waals surface area (Å²) >= 11 is 0. The van der Waals surface area contributed by atoms with Crippen molar-refractivity contribution in [3.05, 3.63) is 0 Å². The highest BCUT2D eigenvalue weighted by atomic mass is 16.2. The molecular formula is C15H30N2O. The highest BCUT2D eigenvalue weighted by Gasteiger charge is 2.18. The third-order valence-corrected chi connectivity index (χ3v) is 4.14. The second-order valence-electron chi connectivity index (χ2n) is 5.89. The number of hydrogen-bond acceptors (Lipinski definition) is 2.